The highest BCUT2D eigenvalue weighted by atomic mass is 35.5. The van der Waals surface area contributed by atoms with Crippen LogP contribution in [0.15, 0.2) is 11.4 Å². The van der Waals surface area contributed by atoms with Crippen molar-refractivity contribution in [1.82, 2.24) is 5.32 Å². The first-order valence-corrected chi connectivity index (χ1v) is 5.91. The number of nitrogens with one attached hydrogen (secondary N) is 1. The van der Waals surface area contributed by atoms with E-state index < -0.39 is 0 Å². The number of nitriles is 1. The minimum absolute atomic E-state index is 0. The summed E-state index contributed by atoms with van der Waals surface area (Å²) in [4.78, 5) is 10.1. The molecule has 0 unspecified atom stereocenters. The zero-order valence-corrected chi connectivity index (χ0v) is 10.9. The van der Waals surface area contributed by atoms with E-state index in [1.807, 2.05) is 0 Å². The van der Waals surface area contributed by atoms with Crippen LogP contribution in [0.25, 0.3) is 0 Å². The van der Waals surface area contributed by atoms with E-state index in [0.29, 0.717) is 13.0 Å². The Morgan fingerprint density at radius 2 is 2.29 bits per heavy atom. The van der Waals surface area contributed by atoms with Gasteiger partial charge in [0.05, 0.1) is 11.0 Å². The molecule has 1 aromatic heterocycles. The SMILES string of the molecule is Cl.N#CCCCCNCc1csc([N+](=O)[O-])c1. The Morgan fingerprint density at radius 3 is 2.88 bits per heavy atom. The van der Waals surface area contributed by atoms with Gasteiger partial charge in [0.15, 0.2) is 0 Å². The standard InChI is InChI=1S/C10H13N3O2S.ClH/c11-4-2-1-3-5-12-7-9-6-10(13(14)15)16-8-9;/h6,8,12H,1-3,5,7H2;1H. The van der Waals surface area contributed by atoms with E-state index in [-0.39, 0.29) is 22.3 Å². The molecule has 0 saturated heterocycles. The summed E-state index contributed by atoms with van der Waals surface area (Å²) in [6, 6.07) is 3.68. The molecule has 0 fully saturated rings. The lowest BCUT2D eigenvalue weighted by molar-refractivity contribution is -0.380. The molecule has 0 amide bonds. The summed E-state index contributed by atoms with van der Waals surface area (Å²) in [6.07, 6.45) is 2.44. The molecule has 0 saturated carbocycles. The van der Waals surface area contributed by atoms with Crippen LogP contribution in [0.4, 0.5) is 5.00 Å². The highest BCUT2D eigenvalue weighted by Gasteiger charge is 2.08. The van der Waals surface area contributed by atoms with Gasteiger partial charge in [-0.15, -0.1) is 12.4 Å². The molecule has 0 atom stereocenters. The molecule has 0 aliphatic heterocycles. The molecule has 1 heterocycles. The van der Waals surface area contributed by atoms with E-state index in [1.165, 1.54) is 0 Å². The number of unbranched alkanes of at least 4 members (excludes halogenated alkanes) is 2. The molecular weight excluding hydrogens is 262 g/mol. The smallest absolute Gasteiger partial charge is 0.313 e. The molecular formula is C10H14ClN3O2S. The van der Waals surface area contributed by atoms with Crippen molar-refractivity contribution in [2.45, 2.75) is 25.8 Å². The van der Waals surface area contributed by atoms with Crippen LogP contribution in [-0.2, 0) is 6.54 Å². The minimum atomic E-state index is -0.374. The minimum Gasteiger partial charge on any atom is -0.313 e. The first kappa shape index (κ1) is 15.8. The van der Waals surface area contributed by atoms with Crippen molar-refractivity contribution >= 4 is 28.7 Å². The molecule has 5 nitrogen and oxygen atoms in total. The lowest BCUT2D eigenvalue weighted by Crippen LogP contribution is -2.13. The van der Waals surface area contributed by atoms with Crippen LogP contribution >= 0.6 is 23.7 Å². The van der Waals surface area contributed by atoms with Crippen LogP contribution in [0.2, 0.25) is 0 Å². The molecule has 0 spiro atoms. The van der Waals surface area contributed by atoms with Crippen molar-refractivity contribution < 1.29 is 4.92 Å². The molecule has 0 aliphatic rings. The Kier molecular flexibility index (Phi) is 8.32. The number of rotatable bonds is 7. The van der Waals surface area contributed by atoms with Gasteiger partial charge in [-0.3, -0.25) is 10.1 Å². The molecule has 0 radical (unpaired) electrons. The Labute approximate surface area is 110 Å². The Balaban J connectivity index is 0.00000256. The van der Waals surface area contributed by atoms with Crippen molar-refractivity contribution in [1.29, 1.82) is 5.26 Å². The van der Waals surface area contributed by atoms with Gasteiger partial charge in [0.1, 0.15) is 0 Å². The van der Waals surface area contributed by atoms with Crippen molar-refractivity contribution in [3.05, 3.63) is 27.1 Å². The van der Waals surface area contributed by atoms with Gasteiger partial charge in [-0.2, -0.15) is 5.26 Å². The van der Waals surface area contributed by atoms with Gasteiger partial charge in [-0.1, -0.05) is 11.3 Å². The third-order valence-corrected chi connectivity index (χ3v) is 2.97. The van der Waals surface area contributed by atoms with Gasteiger partial charge in [0.2, 0.25) is 0 Å². The fourth-order valence-electron chi connectivity index (χ4n) is 1.24. The number of nitro groups is 1. The fraction of sp³-hybridized carbons (Fsp3) is 0.500. The summed E-state index contributed by atoms with van der Waals surface area (Å²) in [5.41, 5.74) is 0.942. The summed E-state index contributed by atoms with van der Waals surface area (Å²) < 4.78 is 0. The Bertz CT molecular complexity index is 389. The molecule has 1 aromatic rings. The van der Waals surface area contributed by atoms with E-state index in [2.05, 4.69) is 11.4 Å². The number of halogens is 1. The van der Waals surface area contributed by atoms with Crippen LogP contribution in [0.1, 0.15) is 24.8 Å². The van der Waals surface area contributed by atoms with E-state index in [4.69, 9.17) is 5.26 Å². The Hall–Kier alpha value is -1.16. The van der Waals surface area contributed by atoms with Crippen LogP contribution in [0.3, 0.4) is 0 Å². The number of thiophene rings is 1. The maximum atomic E-state index is 10.4. The average Bonchev–Trinajstić information content (AvgIpc) is 2.72. The van der Waals surface area contributed by atoms with Crippen LogP contribution in [0.5, 0.6) is 0 Å². The quantitative estimate of drug-likeness (QED) is 0.471. The zero-order chi connectivity index (χ0) is 11.8. The number of nitrogens with zero attached hydrogens (tertiary/aromatic N) is 2. The molecule has 1 rings (SSSR count). The maximum Gasteiger partial charge on any atom is 0.324 e. The maximum absolute atomic E-state index is 10.4. The van der Waals surface area contributed by atoms with Crippen LogP contribution in [-0.4, -0.2) is 11.5 Å². The van der Waals surface area contributed by atoms with Gasteiger partial charge in [-0.25, -0.2) is 0 Å². The highest BCUT2D eigenvalue weighted by molar-refractivity contribution is 7.13. The topological polar surface area (TPSA) is 79.0 Å². The molecule has 1 N–H and O–H groups in total. The predicted molar refractivity (Wildman–Crippen MR) is 69.4 cm³/mol. The third-order valence-electron chi connectivity index (χ3n) is 2.04. The summed E-state index contributed by atoms with van der Waals surface area (Å²) in [5, 5.41) is 23.9. The van der Waals surface area contributed by atoms with Crippen molar-refractivity contribution in [3.8, 4) is 6.07 Å². The second-order valence-corrected chi connectivity index (χ2v) is 4.23. The summed E-state index contributed by atoms with van der Waals surface area (Å²) >= 11 is 1.15. The van der Waals surface area contributed by atoms with Gasteiger partial charge < -0.3 is 5.32 Å². The normalized spacial score (nSPS) is 9.35. The van der Waals surface area contributed by atoms with Gasteiger partial charge >= 0.3 is 5.00 Å². The number of hydrogen-bond donors (Lipinski definition) is 1. The van der Waals surface area contributed by atoms with Crippen molar-refractivity contribution in [3.63, 3.8) is 0 Å². The van der Waals surface area contributed by atoms with Gasteiger partial charge in [0.25, 0.3) is 0 Å². The van der Waals surface area contributed by atoms with Crippen LogP contribution < -0.4 is 5.32 Å². The monoisotopic (exact) mass is 275 g/mol. The fourth-order valence-corrected chi connectivity index (χ4v) is 1.97. The van der Waals surface area contributed by atoms with Gasteiger partial charge in [-0.05, 0) is 24.9 Å². The first-order chi connectivity index (χ1) is 7.74. The van der Waals surface area contributed by atoms with E-state index in [0.717, 1.165) is 36.3 Å². The second-order valence-electron chi connectivity index (χ2n) is 3.34. The molecule has 0 aromatic carbocycles. The largest absolute Gasteiger partial charge is 0.324 e. The molecule has 94 valence electrons. The summed E-state index contributed by atoms with van der Waals surface area (Å²) in [7, 11) is 0. The Morgan fingerprint density at radius 1 is 1.53 bits per heavy atom. The van der Waals surface area contributed by atoms with E-state index >= 15 is 0 Å². The summed E-state index contributed by atoms with van der Waals surface area (Å²) in [6.45, 7) is 1.49. The molecule has 7 heteroatoms. The predicted octanol–water partition coefficient (Wildman–Crippen LogP) is 2.86. The molecule has 17 heavy (non-hydrogen) atoms. The molecule has 0 bridgehead atoms. The number of hydrogen-bond acceptors (Lipinski definition) is 5. The third kappa shape index (κ3) is 6.22. The zero-order valence-electron chi connectivity index (χ0n) is 9.22. The average molecular weight is 276 g/mol. The lowest BCUT2D eigenvalue weighted by Gasteiger charge is -2.00. The van der Waals surface area contributed by atoms with E-state index in [1.54, 1.807) is 11.4 Å². The highest BCUT2D eigenvalue weighted by Crippen LogP contribution is 2.22. The summed E-state index contributed by atoms with van der Waals surface area (Å²) in [5.74, 6) is 0. The van der Waals surface area contributed by atoms with E-state index in [9.17, 15) is 10.1 Å². The molecule has 0 aliphatic carbocycles. The van der Waals surface area contributed by atoms with Crippen molar-refractivity contribution in [2.75, 3.05) is 6.54 Å². The first-order valence-electron chi connectivity index (χ1n) is 5.03. The van der Waals surface area contributed by atoms with Crippen LogP contribution in [0, 0.1) is 21.4 Å². The second kappa shape index (κ2) is 8.93. The van der Waals surface area contributed by atoms with Gasteiger partial charge in [0, 0.05) is 24.4 Å². The van der Waals surface area contributed by atoms with Crippen molar-refractivity contribution in [2.24, 2.45) is 0 Å². The lowest BCUT2D eigenvalue weighted by atomic mass is 10.2.